The van der Waals surface area contributed by atoms with Gasteiger partial charge in [0, 0.05) is 6.92 Å². The smallest absolute Gasteiger partial charge is 0.246 e. The van der Waals surface area contributed by atoms with Crippen LogP contribution in [0.15, 0.2) is 18.2 Å². The maximum atomic E-state index is 12.9. The van der Waals surface area contributed by atoms with E-state index in [-0.39, 0.29) is 17.9 Å². The number of hydrogen-bond donors (Lipinski definition) is 2. The standard InChI is InChI=1S/C19H26N2O4/c1-13(15-6-7-16-17(12-15)25-11-10-24-16)20-18(23)19(21-14(2)22)8-4-3-5-9-19/h6-7,12-13H,3-5,8-11H2,1-2H3,(H,20,23)(H,21,22)/t13-/m1/s1. The molecule has 3 rings (SSSR count). The number of rotatable bonds is 4. The quantitative estimate of drug-likeness (QED) is 0.878. The number of benzene rings is 1. The van der Waals surface area contributed by atoms with Crippen LogP contribution < -0.4 is 20.1 Å². The Kier molecular flexibility index (Phi) is 5.16. The Morgan fingerprint density at radius 2 is 1.76 bits per heavy atom. The number of ether oxygens (including phenoxy) is 2. The van der Waals surface area contributed by atoms with Crippen LogP contribution in [-0.4, -0.2) is 30.6 Å². The third-order valence-electron chi connectivity index (χ3n) is 4.97. The zero-order chi connectivity index (χ0) is 17.9. The van der Waals surface area contributed by atoms with E-state index in [2.05, 4.69) is 10.6 Å². The average molecular weight is 346 g/mol. The first-order valence-electron chi connectivity index (χ1n) is 8.99. The maximum absolute atomic E-state index is 12.9. The highest BCUT2D eigenvalue weighted by Crippen LogP contribution is 2.33. The van der Waals surface area contributed by atoms with Crippen LogP contribution in [0, 0.1) is 0 Å². The minimum absolute atomic E-state index is 0.107. The van der Waals surface area contributed by atoms with E-state index < -0.39 is 5.54 Å². The predicted octanol–water partition coefficient (Wildman–Crippen LogP) is 2.47. The van der Waals surface area contributed by atoms with Gasteiger partial charge in [0.05, 0.1) is 6.04 Å². The first kappa shape index (κ1) is 17.6. The second-order valence-corrected chi connectivity index (χ2v) is 6.92. The van der Waals surface area contributed by atoms with Gasteiger partial charge in [0.15, 0.2) is 11.5 Å². The van der Waals surface area contributed by atoms with Crippen LogP contribution in [0.5, 0.6) is 11.5 Å². The van der Waals surface area contributed by atoms with Crippen molar-refractivity contribution in [3.63, 3.8) is 0 Å². The molecule has 0 radical (unpaired) electrons. The molecule has 0 unspecified atom stereocenters. The molecule has 136 valence electrons. The number of amides is 2. The molecule has 2 aliphatic rings. The summed E-state index contributed by atoms with van der Waals surface area (Å²) in [5, 5.41) is 5.97. The SMILES string of the molecule is CC(=O)NC1(C(=O)N[C@H](C)c2ccc3c(c2)OCCO3)CCCCC1. The molecular weight excluding hydrogens is 320 g/mol. The zero-order valence-corrected chi connectivity index (χ0v) is 14.9. The van der Waals surface area contributed by atoms with E-state index >= 15 is 0 Å². The number of nitrogens with one attached hydrogen (secondary N) is 2. The second kappa shape index (κ2) is 7.33. The Morgan fingerprint density at radius 1 is 1.08 bits per heavy atom. The van der Waals surface area contributed by atoms with Gasteiger partial charge >= 0.3 is 0 Å². The van der Waals surface area contributed by atoms with Gasteiger partial charge in [-0.25, -0.2) is 0 Å². The molecule has 1 aliphatic heterocycles. The van der Waals surface area contributed by atoms with Gasteiger partial charge in [0.25, 0.3) is 0 Å². The Morgan fingerprint density at radius 3 is 2.44 bits per heavy atom. The molecular formula is C19H26N2O4. The molecule has 25 heavy (non-hydrogen) atoms. The molecule has 2 amide bonds. The highest BCUT2D eigenvalue weighted by atomic mass is 16.6. The monoisotopic (exact) mass is 346 g/mol. The largest absolute Gasteiger partial charge is 0.486 e. The predicted molar refractivity (Wildman–Crippen MR) is 93.6 cm³/mol. The summed E-state index contributed by atoms with van der Waals surface area (Å²) in [6, 6.07) is 5.53. The summed E-state index contributed by atoms with van der Waals surface area (Å²) in [6.07, 6.45) is 4.38. The van der Waals surface area contributed by atoms with Gasteiger partial charge in [-0.05, 0) is 37.5 Å². The lowest BCUT2D eigenvalue weighted by Gasteiger charge is -2.37. The number of carbonyl (C=O) groups excluding carboxylic acids is 2. The van der Waals surface area contributed by atoms with Gasteiger partial charge < -0.3 is 20.1 Å². The molecule has 0 aromatic heterocycles. The fourth-order valence-corrected chi connectivity index (χ4v) is 3.65. The van der Waals surface area contributed by atoms with Crippen LogP contribution in [-0.2, 0) is 9.59 Å². The van der Waals surface area contributed by atoms with Crippen LogP contribution in [0.2, 0.25) is 0 Å². The second-order valence-electron chi connectivity index (χ2n) is 6.92. The number of hydrogen-bond acceptors (Lipinski definition) is 4. The molecule has 6 heteroatoms. The minimum Gasteiger partial charge on any atom is -0.486 e. The fraction of sp³-hybridized carbons (Fsp3) is 0.579. The molecule has 1 aromatic rings. The number of fused-ring (bicyclic) bond motifs is 1. The third kappa shape index (κ3) is 3.89. The van der Waals surface area contributed by atoms with Crippen molar-refractivity contribution >= 4 is 11.8 Å². The Bertz CT molecular complexity index is 653. The van der Waals surface area contributed by atoms with E-state index in [1.807, 2.05) is 25.1 Å². The van der Waals surface area contributed by atoms with Crippen LogP contribution in [0.3, 0.4) is 0 Å². The fourth-order valence-electron chi connectivity index (χ4n) is 3.65. The molecule has 0 spiro atoms. The molecule has 1 aromatic carbocycles. The van der Waals surface area contributed by atoms with Gasteiger partial charge in [0.2, 0.25) is 11.8 Å². The summed E-state index contributed by atoms with van der Waals surface area (Å²) in [4.78, 5) is 24.6. The number of carbonyl (C=O) groups is 2. The van der Waals surface area contributed by atoms with Crippen molar-refractivity contribution in [2.24, 2.45) is 0 Å². The van der Waals surface area contributed by atoms with Crippen molar-refractivity contribution in [1.29, 1.82) is 0 Å². The Labute approximate surface area is 148 Å². The summed E-state index contributed by atoms with van der Waals surface area (Å²) in [5.41, 5.74) is 0.165. The topological polar surface area (TPSA) is 76.7 Å². The van der Waals surface area contributed by atoms with Gasteiger partial charge in [-0.15, -0.1) is 0 Å². The van der Waals surface area contributed by atoms with Gasteiger partial charge in [-0.2, -0.15) is 0 Å². The van der Waals surface area contributed by atoms with Crippen LogP contribution in [0.1, 0.15) is 57.6 Å². The molecule has 0 bridgehead atoms. The summed E-state index contributed by atoms with van der Waals surface area (Å²) >= 11 is 0. The van der Waals surface area contributed by atoms with Crippen LogP contribution >= 0.6 is 0 Å². The van der Waals surface area contributed by atoms with Crippen LogP contribution in [0.4, 0.5) is 0 Å². The first-order chi connectivity index (χ1) is 12.0. The highest BCUT2D eigenvalue weighted by Gasteiger charge is 2.40. The lowest BCUT2D eigenvalue weighted by atomic mass is 9.80. The Hall–Kier alpha value is -2.24. The minimum atomic E-state index is -0.786. The molecule has 1 saturated carbocycles. The lowest BCUT2D eigenvalue weighted by Crippen LogP contribution is -2.59. The zero-order valence-electron chi connectivity index (χ0n) is 14.9. The normalized spacial score (nSPS) is 19.6. The van der Waals surface area contributed by atoms with Crippen molar-refractivity contribution < 1.29 is 19.1 Å². The van der Waals surface area contributed by atoms with E-state index in [4.69, 9.17) is 9.47 Å². The maximum Gasteiger partial charge on any atom is 0.246 e. The average Bonchev–Trinajstić information content (AvgIpc) is 2.61. The van der Waals surface area contributed by atoms with E-state index in [9.17, 15) is 9.59 Å². The molecule has 1 atom stereocenters. The summed E-state index contributed by atoms with van der Waals surface area (Å²) in [6.45, 7) is 4.49. The first-order valence-corrected chi connectivity index (χ1v) is 8.99. The van der Waals surface area contributed by atoms with Crippen molar-refractivity contribution in [2.45, 2.75) is 57.5 Å². The molecule has 0 saturated heterocycles. The summed E-state index contributed by atoms with van der Waals surface area (Å²) in [7, 11) is 0. The summed E-state index contributed by atoms with van der Waals surface area (Å²) in [5.74, 6) is 1.17. The van der Waals surface area contributed by atoms with E-state index in [1.165, 1.54) is 6.92 Å². The Balaban J connectivity index is 1.73. The van der Waals surface area contributed by atoms with E-state index in [0.717, 1.165) is 30.6 Å². The van der Waals surface area contributed by atoms with Gasteiger partial charge in [0.1, 0.15) is 18.8 Å². The molecule has 1 heterocycles. The van der Waals surface area contributed by atoms with E-state index in [1.54, 1.807) is 0 Å². The molecule has 1 fully saturated rings. The molecule has 2 N–H and O–H groups in total. The van der Waals surface area contributed by atoms with Crippen molar-refractivity contribution in [2.75, 3.05) is 13.2 Å². The third-order valence-corrected chi connectivity index (χ3v) is 4.97. The molecule has 6 nitrogen and oxygen atoms in total. The lowest BCUT2D eigenvalue weighted by molar-refractivity contribution is -0.134. The van der Waals surface area contributed by atoms with E-state index in [0.29, 0.717) is 31.8 Å². The van der Waals surface area contributed by atoms with Crippen molar-refractivity contribution in [3.05, 3.63) is 23.8 Å². The molecule has 1 aliphatic carbocycles. The van der Waals surface area contributed by atoms with Crippen molar-refractivity contribution in [3.8, 4) is 11.5 Å². The van der Waals surface area contributed by atoms with Crippen molar-refractivity contribution in [1.82, 2.24) is 10.6 Å². The summed E-state index contributed by atoms with van der Waals surface area (Å²) < 4.78 is 11.1. The van der Waals surface area contributed by atoms with Gasteiger partial charge in [-0.3, -0.25) is 9.59 Å². The van der Waals surface area contributed by atoms with Crippen LogP contribution in [0.25, 0.3) is 0 Å². The highest BCUT2D eigenvalue weighted by molar-refractivity contribution is 5.91. The van der Waals surface area contributed by atoms with Gasteiger partial charge in [-0.1, -0.05) is 25.3 Å².